The van der Waals surface area contributed by atoms with E-state index in [4.69, 9.17) is 4.42 Å². The normalized spacial score (nSPS) is 11.4. The predicted octanol–water partition coefficient (Wildman–Crippen LogP) is 3.06. The highest BCUT2D eigenvalue weighted by molar-refractivity contribution is 7.13. The van der Waals surface area contributed by atoms with Gasteiger partial charge in [0.2, 0.25) is 0 Å². The van der Waals surface area contributed by atoms with Gasteiger partial charge in [0.15, 0.2) is 17.0 Å². The largest absolute Gasteiger partial charge is 0.467 e. The Morgan fingerprint density at radius 3 is 2.81 bits per heavy atom. The summed E-state index contributed by atoms with van der Waals surface area (Å²) in [7, 11) is 0. The van der Waals surface area contributed by atoms with E-state index in [-0.39, 0.29) is 0 Å². The molecule has 26 heavy (non-hydrogen) atoms. The topological polar surface area (TPSA) is 85.8 Å². The van der Waals surface area contributed by atoms with Crippen LogP contribution < -0.4 is 11.2 Å². The predicted molar refractivity (Wildman–Crippen MR) is 101 cm³/mol. The van der Waals surface area contributed by atoms with Crippen LogP contribution in [0.25, 0.3) is 21.9 Å². The Bertz CT molecular complexity index is 1130. The number of thiophene rings is 1. The summed E-state index contributed by atoms with van der Waals surface area (Å²) < 4.78 is 8.83. The Morgan fingerprint density at radius 1 is 1.23 bits per heavy atom. The number of hydrogen-bond acceptors (Lipinski definition) is 5. The quantitative estimate of drug-likeness (QED) is 0.565. The third kappa shape index (κ3) is 2.82. The third-order valence-electron chi connectivity index (χ3n) is 4.26. The van der Waals surface area contributed by atoms with Gasteiger partial charge in [-0.3, -0.25) is 14.3 Å². The first-order valence-electron chi connectivity index (χ1n) is 8.48. The van der Waals surface area contributed by atoms with Gasteiger partial charge in [0.1, 0.15) is 5.76 Å². The molecule has 0 radical (unpaired) electrons. The Balaban J connectivity index is 2.01. The van der Waals surface area contributed by atoms with Gasteiger partial charge in [-0.2, -0.15) is 0 Å². The van der Waals surface area contributed by atoms with Gasteiger partial charge < -0.3 is 8.98 Å². The molecule has 0 aliphatic rings. The average molecular weight is 370 g/mol. The van der Waals surface area contributed by atoms with Crippen LogP contribution in [0.5, 0.6) is 0 Å². The van der Waals surface area contributed by atoms with E-state index in [1.807, 2.05) is 28.1 Å². The average Bonchev–Trinajstić information content (AvgIpc) is 3.35. The lowest BCUT2D eigenvalue weighted by molar-refractivity contribution is 0.497. The summed E-state index contributed by atoms with van der Waals surface area (Å²) in [4.78, 5) is 33.0. The second kappa shape index (κ2) is 6.80. The van der Waals surface area contributed by atoms with Crippen molar-refractivity contribution in [2.75, 3.05) is 0 Å². The molecular weight excluding hydrogens is 352 g/mol. The fraction of sp³-hybridized carbons (Fsp3) is 0.278. The number of nitrogens with one attached hydrogen (secondary N) is 1. The fourth-order valence-corrected chi connectivity index (χ4v) is 3.72. The van der Waals surface area contributed by atoms with Gasteiger partial charge in [-0.15, -0.1) is 11.3 Å². The lowest BCUT2D eigenvalue weighted by Gasteiger charge is -2.07. The summed E-state index contributed by atoms with van der Waals surface area (Å²) >= 11 is 1.54. The maximum atomic E-state index is 12.6. The van der Waals surface area contributed by atoms with Crippen LogP contribution in [-0.4, -0.2) is 19.1 Å². The van der Waals surface area contributed by atoms with E-state index in [9.17, 15) is 9.59 Å². The molecule has 0 fully saturated rings. The van der Waals surface area contributed by atoms with Gasteiger partial charge in [0.25, 0.3) is 5.56 Å². The van der Waals surface area contributed by atoms with Crippen LogP contribution in [0.4, 0.5) is 0 Å². The van der Waals surface area contributed by atoms with Gasteiger partial charge in [0, 0.05) is 6.54 Å². The molecule has 7 nitrogen and oxygen atoms in total. The summed E-state index contributed by atoms with van der Waals surface area (Å²) in [5.41, 5.74) is -0.0430. The fourth-order valence-electron chi connectivity index (χ4n) is 3.00. The molecule has 0 aliphatic carbocycles. The van der Waals surface area contributed by atoms with Crippen LogP contribution in [-0.2, 0) is 13.1 Å². The Morgan fingerprint density at radius 2 is 2.12 bits per heavy atom. The van der Waals surface area contributed by atoms with Crippen molar-refractivity contribution in [2.24, 2.45) is 0 Å². The number of hydrogen-bond donors (Lipinski definition) is 1. The molecule has 0 amide bonds. The molecule has 0 saturated carbocycles. The van der Waals surface area contributed by atoms with E-state index < -0.39 is 11.2 Å². The zero-order valence-electron chi connectivity index (χ0n) is 14.3. The molecule has 0 aromatic carbocycles. The maximum Gasteiger partial charge on any atom is 0.330 e. The highest BCUT2D eigenvalue weighted by atomic mass is 32.1. The number of rotatable bonds is 6. The number of aromatic amines is 1. The molecule has 4 rings (SSSR count). The monoisotopic (exact) mass is 370 g/mol. The lowest BCUT2D eigenvalue weighted by atomic mass is 10.3. The summed E-state index contributed by atoms with van der Waals surface area (Å²) in [6, 6.07) is 7.55. The van der Waals surface area contributed by atoms with Crippen LogP contribution in [0.1, 0.15) is 25.5 Å². The van der Waals surface area contributed by atoms with Crippen molar-refractivity contribution >= 4 is 22.5 Å². The Labute approximate surface area is 152 Å². The van der Waals surface area contributed by atoms with Crippen molar-refractivity contribution in [1.29, 1.82) is 0 Å². The first-order chi connectivity index (χ1) is 12.7. The molecule has 134 valence electrons. The number of aryl methyl sites for hydroxylation is 1. The molecule has 4 heterocycles. The smallest absolute Gasteiger partial charge is 0.330 e. The zero-order valence-corrected chi connectivity index (χ0v) is 15.1. The molecule has 1 N–H and O–H groups in total. The van der Waals surface area contributed by atoms with Gasteiger partial charge in [-0.1, -0.05) is 19.4 Å². The molecule has 0 spiro atoms. The molecule has 4 aromatic heterocycles. The van der Waals surface area contributed by atoms with E-state index >= 15 is 0 Å². The standard InChI is InChI=1S/C18H18N4O3S/c1-2-3-8-21-16-14(17(23)20-18(21)24)22(11-12-6-4-9-25-12)15(19-16)13-7-5-10-26-13/h4-7,9-10H,2-3,8,11H2,1H3,(H,20,23,24). The molecule has 0 bridgehead atoms. The summed E-state index contributed by atoms with van der Waals surface area (Å²) in [5.74, 6) is 1.38. The van der Waals surface area contributed by atoms with Gasteiger partial charge in [-0.05, 0) is 30.0 Å². The Hall–Kier alpha value is -2.87. The minimum Gasteiger partial charge on any atom is -0.467 e. The summed E-state index contributed by atoms with van der Waals surface area (Å²) in [6.45, 7) is 2.94. The van der Waals surface area contributed by atoms with Crippen molar-refractivity contribution in [1.82, 2.24) is 19.1 Å². The Kier molecular flexibility index (Phi) is 4.34. The van der Waals surface area contributed by atoms with Crippen LogP contribution in [0.3, 0.4) is 0 Å². The number of unbranched alkanes of at least 4 members (excludes halogenated alkanes) is 1. The van der Waals surface area contributed by atoms with E-state index in [1.54, 1.807) is 16.9 Å². The number of nitrogens with zero attached hydrogens (tertiary/aromatic N) is 3. The van der Waals surface area contributed by atoms with E-state index in [0.29, 0.717) is 35.8 Å². The zero-order chi connectivity index (χ0) is 18.1. The van der Waals surface area contributed by atoms with E-state index in [2.05, 4.69) is 16.9 Å². The number of aromatic nitrogens is 4. The van der Waals surface area contributed by atoms with Crippen molar-refractivity contribution in [3.05, 3.63) is 62.5 Å². The van der Waals surface area contributed by atoms with Crippen molar-refractivity contribution in [3.8, 4) is 10.7 Å². The first-order valence-corrected chi connectivity index (χ1v) is 9.36. The van der Waals surface area contributed by atoms with Crippen molar-refractivity contribution < 1.29 is 4.42 Å². The van der Waals surface area contributed by atoms with Crippen LogP contribution in [0, 0.1) is 0 Å². The second-order valence-electron chi connectivity index (χ2n) is 6.01. The van der Waals surface area contributed by atoms with Crippen LogP contribution >= 0.6 is 11.3 Å². The first kappa shape index (κ1) is 16.6. The minimum atomic E-state index is -0.431. The van der Waals surface area contributed by atoms with Gasteiger partial charge >= 0.3 is 5.69 Å². The SMILES string of the molecule is CCCCn1c(=O)[nH]c(=O)c2c1nc(-c1cccs1)n2Cc1ccco1. The van der Waals surface area contributed by atoms with Gasteiger partial charge in [0.05, 0.1) is 17.7 Å². The van der Waals surface area contributed by atoms with E-state index in [0.717, 1.165) is 17.7 Å². The number of furan rings is 1. The molecule has 4 aromatic rings. The molecule has 8 heteroatoms. The number of H-pyrrole nitrogens is 1. The lowest BCUT2D eigenvalue weighted by Crippen LogP contribution is -2.31. The minimum absolute atomic E-state index is 0.367. The molecule has 0 aliphatic heterocycles. The van der Waals surface area contributed by atoms with Crippen molar-refractivity contribution in [3.63, 3.8) is 0 Å². The highest BCUT2D eigenvalue weighted by Crippen LogP contribution is 2.27. The highest BCUT2D eigenvalue weighted by Gasteiger charge is 2.20. The number of imidazole rings is 1. The molecule has 0 atom stereocenters. The molecule has 0 saturated heterocycles. The van der Waals surface area contributed by atoms with Gasteiger partial charge in [-0.25, -0.2) is 9.78 Å². The maximum absolute atomic E-state index is 12.6. The third-order valence-corrected chi connectivity index (χ3v) is 5.12. The van der Waals surface area contributed by atoms with Crippen molar-refractivity contribution in [2.45, 2.75) is 32.9 Å². The molecule has 0 unspecified atom stereocenters. The molecular formula is C18H18N4O3S. The van der Waals surface area contributed by atoms with E-state index in [1.165, 1.54) is 11.3 Å². The van der Waals surface area contributed by atoms with Crippen LogP contribution in [0.2, 0.25) is 0 Å². The second-order valence-corrected chi connectivity index (χ2v) is 6.96. The summed E-state index contributed by atoms with van der Waals surface area (Å²) in [5, 5.41) is 1.96. The van der Waals surface area contributed by atoms with Crippen LogP contribution in [0.15, 0.2) is 49.9 Å². The summed E-state index contributed by atoms with van der Waals surface area (Å²) in [6.07, 6.45) is 3.37. The number of fused-ring (bicyclic) bond motifs is 1.